The lowest BCUT2D eigenvalue weighted by Crippen LogP contribution is -2.16. The molecule has 0 fully saturated rings. The highest BCUT2D eigenvalue weighted by molar-refractivity contribution is 7.78. The van der Waals surface area contributed by atoms with E-state index in [1.165, 1.54) is 6.66 Å². The predicted molar refractivity (Wildman–Crippen MR) is 216 cm³/mol. The predicted octanol–water partition coefficient (Wildman–Crippen LogP) is 9.36. The zero-order chi connectivity index (χ0) is 37.5. The Morgan fingerprint density at radius 1 is 0.635 bits per heavy atom. The first kappa shape index (κ1) is 40.5. The standard InChI is InChI=1S/C13H13O3P.C13H11O2P.C13H13OP.CH4.H2O2P/c1-17(14,15-12-8-4-2-5-9-12)16-13-10-6-3-7-11-13;1-16(14)13-9-5-3-7-11(13)10-6-2-4-8-12(10)15-16;1-15(14,12-8-4-2-5-9-12)13-10-6-3-7-11-13;;1-3-2/h2-11H,1H3;2-9H,1H3;2-11H,1H3;1H4;1,3H/q;;;;-1/i;;;;1D. The van der Waals surface area contributed by atoms with Gasteiger partial charge in [0.15, 0.2) is 0 Å². The van der Waals surface area contributed by atoms with Gasteiger partial charge >= 0.3 is 7.60 Å². The number of rotatable bonds is 7. The van der Waals surface area contributed by atoms with Crippen LogP contribution in [0.2, 0.25) is 0 Å². The fourth-order valence-electron chi connectivity index (χ4n) is 5.00. The maximum absolute atomic E-state index is 12.6. The van der Waals surface area contributed by atoms with E-state index < -0.39 is 31.1 Å². The first-order chi connectivity index (χ1) is 25.0. The molecule has 1 heterocycles. The minimum Gasteiger partial charge on any atom is -0.811 e. The molecule has 12 heteroatoms. The van der Waals surface area contributed by atoms with Gasteiger partial charge in [-0.1, -0.05) is 150 Å². The third-order valence-electron chi connectivity index (χ3n) is 7.32. The third-order valence-corrected chi connectivity index (χ3v) is 12.8. The van der Waals surface area contributed by atoms with Crippen LogP contribution in [-0.4, -0.2) is 26.3 Å². The fourth-order valence-corrected chi connectivity index (χ4v) is 9.45. The van der Waals surface area contributed by atoms with E-state index in [4.69, 9.17) is 19.9 Å². The van der Waals surface area contributed by atoms with Crippen LogP contribution in [0.25, 0.3) is 11.1 Å². The van der Waals surface area contributed by atoms with Gasteiger partial charge in [0.2, 0.25) is 1.43 Å². The summed E-state index contributed by atoms with van der Waals surface area (Å²) in [6, 6.07) is 52.7. The van der Waals surface area contributed by atoms with Crippen molar-refractivity contribution in [1.82, 2.24) is 0 Å². The summed E-state index contributed by atoms with van der Waals surface area (Å²) in [4.78, 5) is 12.2. The highest BCUT2D eigenvalue weighted by atomic mass is 31.2. The topological polar surface area (TPSA) is 122 Å². The maximum atomic E-state index is 12.6. The van der Waals surface area contributed by atoms with E-state index in [-0.39, 0.29) is 7.43 Å². The number of hydrogen-bond acceptors (Lipinski definition) is 8. The van der Waals surface area contributed by atoms with E-state index in [0.29, 0.717) is 17.2 Å². The van der Waals surface area contributed by atoms with Crippen LogP contribution in [0.15, 0.2) is 170 Å². The molecular weight excluding hydrogens is 732 g/mol. The molecule has 8 nitrogen and oxygen atoms in total. The van der Waals surface area contributed by atoms with E-state index in [0.717, 1.165) is 27.0 Å². The lowest BCUT2D eigenvalue weighted by molar-refractivity contribution is -0.164. The maximum Gasteiger partial charge on any atom is 0.427 e. The second-order valence-electron chi connectivity index (χ2n) is 11.2. The van der Waals surface area contributed by atoms with Crippen molar-refractivity contribution >= 4 is 47.1 Å². The molecule has 0 spiro atoms. The molecule has 2 atom stereocenters. The Morgan fingerprint density at radius 2 is 1.00 bits per heavy atom. The van der Waals surface area contributed by atoms with Gasteiger partial charge in [-0.3, -0.25) is 4.57 Å². The highest BCUT2D eigenvalue weighted by Gasteiger charge is 2.30. The first-order valence-corrected chi connectivity index (χ1v) is 22.7. The molecule has 1 aliphatic rings. The molecular formula is C40H43O8P4-. The average molecular weight is 777 g/mol. The summed E-state index contributed by atoms with van der Waals surface area (Å²) in [7, 11) is -9.19. The summed E-state index contributed by atoms with van der Waals surface area (Å²) in [5.74, 6) is 1.79. The van der Waals surface area contributed by atoms with Crippen molar-refractivity contribution in [3.05, 3.63) is 170 Å². The van der Waals surface area contributed by atoms with Gasteiger partial charge in [-0.05, 0) is 48.6 Å². The van der Waals surface area contributed by atoms with Gasteiger partial charge in [0, 0.05) is 22.8 Å². The summed E-state index contributed by atoms with van der Waals surface area (Å²) in [6.07, 6.45) is 0. The molecule has 0 amide bonds. The van der Waals surface area contributed by atoms with Crippen LogP contribution in [0.1, 0.15) is 7.43 Å². The van der Waals surface area contributed by atoms with Gasteiger partial charge in [0.05, 0.1) is 12.0 Å². The molecule has 6 aromatic rings. The van der Waals surface area contributed by atoms with Gasteiger partial charge < -0.3 is 27.9 Å². The molecule has 1 aliphatic heterocycles. The van der Waals surface area contributed by atoms with E-state index in [1.54, 1.807) is 30.9 Å². The Bertz CT molecular complexity index is 2030. The minimum atomic E-state index is -3.14. The molecule has 2 unspecified atom stereocenters. The lowest BCUT2D eigenvalue weighted by atomic mass is 10.0. The van der Waals surface area contributed by atoms with E-state index in [9.17, 15) is 13.7 Å². The van der Waals surface area contributed by atoms with Crippen molar-refractivity contribution < 1.29 is 37.1 Å². The van der Waals surface area contributed by atoms with Gasteiger partial charge in [-0.25, -0.2) is 4.57 Å². The molecule has 0 aromatic heterocycles. The average Bonchev–Trinajstić information content (AvgIpc) is 3.16. The summed E-state index contributed by atoms with van der Waals surface area (Å²) in [5, 5.41) is 2.64. The van der Waals surface area contributed by atoms with Crippen molar-refractivity contribution in [3.63, 3.8) is 0 Å². The Morgan fingerprint density at radius 3 is 1.44 bits per heavy atom. The lowest BCUT2D eigenvalue weighted by Gasteiger charge is -2.25. The SMILES string of the molecule is C.CP(=O)(Oc1ccccc1)Oc1ccccc1.CP(=O)(c1ccccc1)c1ccccc1.CP1(=O)Oc2ccccc2-c2ccccc21.[2H]OP[O-]. The van der Waals surface area contributed by atoms with Crippen molar-refractivity contribution in [3.8, 4) is 28.4 Å². The van der Waals surface area contributed by atoms with Crippen LogP contribution in [0.5, 0.6) is 17.2 Å². The Labute approximate surface area is 310 Å². The van der Waals surface area contributed by atoms with Crippen LogP contribution in [-0.2, 0) is 13.7 Å². The zero-order valence-corrected chi connectivity index (χ0v) is 32.0. The Balaban J connectivity index is 0.000000202. The monoisotopic (exact) mass is 776 g/mol. The number of benzene rings is 6. The molecule has 0 saturated heterocycles. The molecule has 6 aromatic carbocycles. The van der Waals surface area contributed by atoms with E-state index in [2.05, 4.69) is 4.90 Å². The number of para-hydroxylation sites is 3. The van der Waals surface area contributed by atoms with Crippen LogP contribution in [0, 0.1) is 0 Å². The molecule has 0 saturated carbocycles. The van der Waals surface area contributed by atoms with Crippen molar-refractivity contribution in [2.45, 2.75) is 7.43 Å². The Kier molecular flexibility index (Phi) is 15.7. The van der Waals surface area contributed by atoms with Crippen LogP contribution in [0.3, 0.4) is 0 Å². The minimum absolute atomic E-state index is 0. The first-order valence-electron chi connectivity index (χ1n) is 16.1. The number of fused-ring (bicyclic) bond motifs is 3. The molecule has 0 radical (unpaired) electrons. The van der Waals surface area contributed by atoms with Gasteiger partial charge in [-0.15, -0.1) is 0 Å². The second-order valence-corrected chi connectivity index (χ2v) is 18.5. The molecule has 1 N–H and O–H groups in total. The molecule has 0 aliphatic carbocycles. The van der Waals surface area contributed by atoms with Gasteiger partial charge in [-0.2, -0.15) is 0 Å². The summed E-state index contributed by atoms with van der Waals surface area (Å²) in [5.41, 5.74) is 2.04. The van der Waals surface area contributed by atoms with Crippen molar-refractivity contribution in [2.24, 2.45) is 0 Å². The second kappa shape index (κ2) is 20.1. The molecule has 0 bridgehead atoms. The van der Waals surface area contributed by atoms with Gasteiger partial charge in [0.1, 0.15) is 24.4 Å². The summed E-state index contributed by atoms with van der Waals surface area (Å²) >= 11 is 0. The van der Waals surface area contributed by atoms with Crippen molar-refractivity contribution in [1.29, 1.82) is 1.43 Å². The quantitative estimate of drug-likeness (QED) is 0.159. The number of hydrogen-bond donors (Lipinski definition) is 1. The third kappa shape index (κ3) is 12.2. The molecule has 272 valence electrons. The van der Waals surface area contributed by atoms with Crippen LogP contribution >= 0.6 is 31.1 Å². The van der Waals surface area contributed by atoms with Crippen molar-refractivity contribution in [2.75, 3.05) is 20.0 Å². The zero-order valence-electron chi connectivity index (χ0n) is 29.3. The summed E-state index contributed by atoms with van der Waals surface area (Å²) < 4.78 is 59.1. The molecule has 7 rings (SSSR count). The molecule has 52 heavy (non-hydrogen) atoms. The van der Waals surface area contributed by atoms with E-state index >= 15 is 0 Å². The van der Waals surface area contributed by atoms with Gasteiger partial charge in [0.25, 0.3) is 7.37 Å². The highest BCUT2D eigenvalue weighted by Crippen LogP contribution is 2.51. The summed E-state index contributed by atoms with van der Waals surface area (Å²) in [6.45, 7) is 4.94. The largest absolute Gasteiger partial charge is 0.811 e. The van der Waals surface area contributed by atoms with E-state index in [1.807, 2.05) is 152 Å². The fraction of sp³-hybridized carbons (Fsp3) is 0.100. The normalized spacial score (nSPS) is 14.3. The Hall–Kier alpha value is -4.24. The van der Waals surface area contributed by atoms with Crippen LogP contribution < -0.4 is 34.4 Å². The van der Waals surface area contributed by atoms with Crippen LogP contribution in [0.4, 0.5) is 0 Å². The smallest absolute Gasteiger partial charge is 0.427 e.